The molecule has 0 amide bonds. The Hall–Kier alpha value is -1.41. The predicted octanol–water partition coefficient (Wildman–Crippen LogP) is 2.64. The molecule has 1 unspecified atom stereocenters. The fourth-order valence-corrected chi connectivity index (χ4v) is 1.65. The molecule has 14 heavy (non-hydrogen) atoms. The molecule has 0 aliphatic carbocycles. The molecule has 1 heterocycles. The number of para-hydroxylation sites is 1. The van der Waals surface area contributed by atoms with Crippen molar-refractivity contribution in [1.29, 1.82) is 0 Å². The molecular formula is C12H14N2. The lowest BCUT2D eigenvalue weighted by Crippen LogP contribution is -2.09. The van der Waals surface area contributed by atoms with Gasteiger partial charge in [0.25, 0.3) is 0 Å². The van der Waals surface area contributed by atoms with E-state index < -0.39 is 0 Å². The van der Waals surface area contributed by atoms with Crippen molar-refractivity contribution in [3.63, 3.8) is 0 Å². The molecule has 0 saturated carbocycles. The van der Waals surface area contributed by atoms with Crippen molar-refractivity contribution in [3.05, 3.63) is 42.1 Å². The number of pyridine rings is 1. The Bertz CT molecular complexity index is 432. The van der Waals surface area contributed by atoms with E-state index in [2.05, 4.69) is 30.1 Å². The van der Waals surface area contributed by atoms with Gasteiger partial charge in [-0.1, -0.05) is 31.2 Å². The monoisotopic (exact) mass is 186 g/mol. The maximum atomic E-state index is 6.02. The van der Waals surface area contributed by atoms with Crippen LogP contribution in [0.3, 0.4) is 0 Å². The Morgan fingerprint density at radius 1 is 1.29 bits per heavy atom. The van der Waals surface area contributed by atoms with Crippen molar-refractivity contribution in [2.75, 3.05) is 0 Å². The largest absolute Gasteiger partial charge is 0.324 e. The van der Waals surface area contributed by atoms with Gasteiger partial charge in [-0.05, 0) is 18.1 Å². The molecule has 2 aromatic rings. The molecule has 0 spiro atoms. The van der Waals surface area contributed by atoms with Gasteiger partial charge in [0.1, 0.15) is 0 Å². The predicted molar refractivity (Wildman–Crippen MR) is 59.0 cm³/mol. The maximum absolute atomic E-state index is 6.02. The summed E-state index contributed by atoms with van der Waals surface area (Å²) in [7, 11) is 0. The molecule has 0 aliphatic rings. The Balaban J connectivity index is 2.65. The van der Waals surface area contributed by atoms with Gasteiger partial charge in [0.15, 0.2) is 0 Å². The fourth-order valence-electron chi connectivity index (χ4n) is 1.65. The van der Waals surface area contributed by atoms with Crippen LogP contribution < -0.4 is 5.73 Å². The van der Waals surface area contributed by atoms with Crippen LogP contribution in [0.5, 0.6) is 0 Å². The van der Waals surface area contributed by atoms with Gasteiger partial charge in [0, 0.05) is 17.6 Å². The lowest BCUT2D eigenvalue weighted by atomic mass is 10.0. The molecule has 2 nitrogen and oxygen atoms in total. The lowest BCUT2D eigenvalue weighted by molar-refractivity contribution is 0.703. The summed E-state index contributed by atoms with van der Waals surface area (Å²) < 4.78 is 0. The SMILES string of the molecule is CCC(N)c1cccc2cccnc12. The Morgan fingerprint density at radius 2 is 2.07 bits per heavy atom. The highest BCUT2D eigenvalue weighted by atomic mass is 14.7. The van der Waals surface area contributed by atoms with Crippen LogP contribution in [0.4, 0.5) is 0 Å². The summed E-state index contributed by atoms with van der Waals surface area (Å²) in [6, 6.07) is 10.3. The Morgan fingerprint density at radius 3 is 2.86 bits per heavy atom. The van der Waals surface area contributed by atoms with E-state index in [1.807, 2.05) is 18.3 Å². The molecule has 0 bridgehead atoms. The molecule has 0 aliphatic heterocycles. The number of hydrogen-bond donors (Lipinski definition) is 1. The van der Waals surface area contributed by atoms with E-state index in [1.165, 1.54) is 0 Å². The van der Waals surface area contributed by atoms with Crippen molar-refractivity contribution >= 4 is 10.9 Å². The number of nitrogens with zero attached hydrogens (tertiary/aromatic N) is 1. The third kappa shape index (κ3) is 1.49. The third-order valence-electron chi connectivity index (χ3n) is 2.50. The van der Waals surface area contributed by atoms with E-state index >= 15 is 0 Å². The van der Waals surface area contributed by atoms with Crippen LogP contribution in [0.15, 0.2) is 36.5 Å². The highest BCUT2D eigenvalue weighted by Crippen LogP contribution is 2.22. The number of benzene rings is 1. The van der Waals surface area contributed by atoms with Crippen LogP contribution in [0.25, 0.3) is 10.9 Å². The third-order valence-corrected chi connectivity index (χ3v) is 2.50. The van der Waals surface area contributed by atoms with Crippen molar-refractivity contribution < 1.29 is 0 Å². The molecule has 2 rings (SSSR count). The summed E-state index contributed by atoms with van der Waals surface area (Å²) in [6.07, 6.45) is 2.75. The lowest BCUT2D eigenvalue weighted by Gasteiger charge is -2.11. The van der Waals surface area contributed by atoms with E-state index in [1.54, 1.807) is 0 Å². The second-order valence-electron chi connectivity index (χ2n) is 3.44. The minimum absolute atomic E-state index is 0.0913. The summed E-state index contributed by atoms with van der Waals surface area (Å²) in [4.78, 5) is 4.37. The van der Waals surface area contributed by atoms with Gasteiger partial charge in [-0.25, -0.2) is 0 Å². The quantitative estimate of drug-likeness (QED) is 0.783. The Kier molecular flexibility index (Phi) is 2.46. The first kappa shape index (κ1) is 9.16. The van der Waals surface area contributed by atoms with E-state index in [0.717, 1.165) is 22.9 Å². The van der Waals surface area contributed by atoms with Gasteiger partial charge in [-0.3, -0.25) is 4.98 Å². The number of fused-ring (bicyclic) bond motifs is 1. The number of hydrogen-bond acceptors (Lipinski definition) is 2. The van der Waals surface area contributed by atoms with Crippen molar-refractivity contribution in [2.24, 2.45) is 5.73 Å². The highest BCUT2D eigenvalue weighted by Gasteiger charge is 2.07. The van der Waals surface area contributed by atoms with Crippen molar-refractivity contribution in [1.82, 2.24) is 4.98 Å². The maximum Gasteiger partial charge on any atom is 0.0749 e. The molecule has 2 heteroatoms. The number of rotatable bonds is 2. The van der Waals surface area contributed by atoms with Crippen LogP contribution in [-0.4, -0.2) is 4.98 Å². The smallest absolute Gasteiger partial charge is 0.0749 e. The molecule has 0 fully saturated rings. The summed E-state index contributed by atoms with van der Waals surface area (Å²) in [5.74, 6) is 0. The average Bonchev–Trinajstić information content (AvgIpc) is 2.27. The zero-order chi connectivity index (χ0) is 9.97. The van der Waals surface area contributed by atoms with Crippen LogP contribution in [0.1, 0.15) is 24.9 Å². The molecule has 1 aromatic carbocycles. The van der Waals surface area contributed by atoms with E-state index in [0.29, 0.717) is 0 Å². The minimum Gasteiger partial charge on any atom is -0.324 e. The number of aromatic nitrogens is 1. The second-order valence-corrected chi connectivity index (χ2v) is 3.44. The van der Waals surface area contributed by atoms with Crippen LogP contribution >= 0.6 is 0 Å². The fraction of sp³-hybridized carbons (Fsp3) is 0.250. The Labute approximate surface area is 83.8 Å². The van der Waals surface area contributed by atoms with Gasteiger partial charge in [-0.15, -0.1) is 0 Å². The zero-order valence-electron chi connectivity index (χ0n) is 8.27. The topological polar surface area (TPSA) is 38.9 Å². The standard InChI is InChI=1S/C12H14N2/c1-2-11(13)10-7-3-5-9-6-4-8-14-12(9)10/h3-8,11H,2,13H2,1H3. The number of nitrogens with two attached hydrogens (primary N) is 1. The molecule has 0 saturated heterocycles. The first-order chi connectivity index (χ1) is 6.83. The van der Waals surface area contributed by atoms with E-state index in [9.17, 15) is 0 Å². The molecule has 1 atom stereocenters. The van der Waals surface area contributed by atoms with E-state index in [4.69, 9.17) is 5.73 Å². The second kappa shape index (κ2) is 3.76. The van der Waals surface area contributed by atoms with Gasteiger partial charge >= 0.3 is 0 Å². The first-order valence-corrected chi connectivity index (χ1v) is 4.92. The van der Waals surface area contributed by atoms with Gasteiger partial charge in [-0.2, -0.15) is 0 Å². The van der Waals surface area contributed by atoms with Crippen LogP contribution in [-0.2, 0) is 0 Å². The van der Waals surface area contributed by atoms with Gasteiger partial charge < -0.3 is 5.73 Å². The molecule has 1 aromatic heterocycles. The average molecular weight is 186 g/mol. The normalized spacial score (nSPS) is 13.0. The van der Waals surface area contributed by atoms with E-state index in [-0.39, 0.29) is 6.04 Å². The summed E-state index contributed by atoms with van der Waals surface area (Å²) in [6.45, 7) is 2.09. The van der Waals surface area contributed by atoms with Crippen LogP contribution in [0, 0.1) is 0 Å². The van der Waals surface area contributed by atoms with Crippen molar-refractivity contribution in [2.45, 2.75) is 19.4 Å². The summed E-state index contributed by atoms with van der Waals surface area (Å²) in [5, 5.41) is 1.16. The summed E-state index contributed by atoms with van der Waals surface area (Å²) in [5.41, 5.74) is 8.20. The molecule has 72 valence electrons. The highest BCUT2D eigenvalue weighted by molar-refractivity contribution is 5.81. The minimum atomic E-state index is 0.0913. The zero-order valence-corrected chi connectivity index (χ0v) is 8.27. The van der Waals surface area contributed by atoms with Gasteiger partial charge in [0.2, 0.25) is 0 Å². The molecular weight excluding hydrogens is 172 g/mol. The van der Waals surface area contributed by atoms with Crippen LogP contribution in [0.2, 0.25) is 0 Å². The summed E-state index contributed by atoms with van der Waals surface area (Å²) >= 11 is 0. The molecule has 2 N–H and O–H groups in total. The first-order valence-electron chi connectivity index (χ1n) is 4.92. The van der Waals surface area contributed by atoms with Gasteiger partial charge in [0.05, 0.1) is 5.52 Å². The van der Waals surface area contributed by atoms with Crippen molar-refractivity contribution in [3.8, 4) is 0 Å². The molecule has 0 radical (unpaired) electrons.